The summed E-state index contributed by atoms with van der Waals surface area (Å²) < 4.78 is 4.87. The van der Waals surface area contributed by atoms with E-state index in [1.807, 2.05) is 0 Å². The smallest absolute Gasteiger partial charge is 0.326 e. The second-order valence-electron chi connectivity index (χ2n) is 4.40. The van der Waals surface area contributed by atoms with Crippen molar-refractivity contribution in [3.8, 4) is 0 Å². The number of aliphatic carboxylic acids is 2. The van der Waals surface area contributed by atoms with Gasteiger partial charge in [0, 0.05) is 7.11 Å². The molecule has 8 nitrogen and oxygen atoms in total. The van der Waals surface area contributed by atoms with Crippen LogP contribution in [0.1, 0.15) is 20.3 Å². The lowest BCUT2D eigenvalue weighted by atomic mass is 10.1. The van der Waals surface area contributed by atoms with Crippen LogP contribution in [0.25, 0.3) is 0 Å². The Balaban J connectivity index is 4.43. The van der Waals surface area contributed by atoms with Gasteiger partial charge in [0.1, 0.15) is 6.04 Å². The molecule has 0 aromatic rings. The van der Waals surface area contributed by atoms with E-state index in [2.05, 4.69) is 10.6 Å². The van der Waals surface area contributed by atoms with Crippen molar-refractivity contribution in [1.82, 2.24) is 10.6 Å². The van der Waals surface area contributed by atoms with Crippen molar-refractivity contribution in [3.05, 3.63) is 0 Å². The molecule has 0 aliphatic rings. The number of methoxy groups -OCH3 is 1. The maximum Gasteiger partial charge on any atom is 0.326 e. The zero-order valence-electron chi connectivity index (χ0n) is 10.5. The predicted octanol–water partition coefficient (Wildman–Crippen LogP) is -0.361. The van der Waals surface area contributed by atoms with Crippen molar-refractivity contribution < 1.29 is 29.3 Å². The standard InChI is InChI=1S/C10H18N2O6/c1-10(2,5-18-3)12-9(17)11-6(8(15)16)4-7(13)14/h6H,4-5H2,1-3H3,(H,13,14)(H,15,16)(H2,11,12,17)/t6-/m0/s1. The minimum absolute atomic E-state index is 0.233. The second-order valence-corrected chi connectivity index (χ2v) is 4.40. The summed E-state index contributed by atoms with van der Waals surface area (Å²) >= 11 is 0. The van der Waals surface area contributed by atoms with Crippen LogP contribution in [0.4, 0.5) is 4.79 Å². The van der Waals surface area contributed by atoms with Crippen molar-refractivity contribution >= 4 is 18.0 Å². The molecule has 4 N–H and O–H groups in total. The third-order valence-corrected chi connectivity index (χ3v) is 1.94. The molecule has 0 aliphatic heterocycles. The van der Waals surface area contributed by atoms with Crippen molar-refractivity contribution in [2.45, 2.75) is 31.8 Å². The zero-order chi connectivity index (χ0) is 14.3. The number of amides is 2. The van der Waals surface area contributed by atoms with Crippen LogP contribution in [0.3, 0.4) is 0 Å². The van der Waals surface area contributed by atoms with E-state index in [4.69, 9.17) is 14.9 Å². The van der Waals surface area contributed by atoms with E-state index in [0.29, 0.717) is 0 Å². The molecule has 0 heterocycles. The quantitative estimate of drug-likeness (QED) is 0.496. The van der Waals surface area contributed by atoms with Crippen LogP contribution in [-0.2, 0) is 14.3 Å². The number of rotatable bonds is 7. The Morgan fingerprint density at radius 3 is 2.22 bits per heavy atom. The molecule has 0 aromatic carbocycles. The summed E-state index contributed by atoms with van der Waals surface area (Å²) in [4.78, 5) is 32.7. The van der Waals surface area contributed by atoms with Gasteiger partial charge in [-0.2, -0.15) is 0 Å². The van der Waals surface area contributed by atoms with E-state index in [-0.39, 0.29) is 6.61 Å². The monoisotopic (exact) mass is 262 g/mol. The molecule has 0 rings (SSSR count). The minimum atomic E-state index is -1.47. The Morgan fingerprint density at radius 2 is 1.83 bits per heavy atom. The molecule has 0 spiro atoms. The van der Waals surface area contributed by atoms with Gasteiger partial charge in [-0.3, -0.25) is 4.79 Å². The molecule has 8 heteroatoms. The van der Waals surface area contributed by atoms with Gasteiger partial charge < -0.3 is 25.6 Å². The highest BCUT2D eigenvalue weighted by atomic mass is 16.5. The predicted molar refractivity (Wildman–Crippen MR) is 61.3 cm³/mol. The fraction of sp³-hybridized carbons (Fsp3) is 0.700. The molecule has 0 unspecified atom stereocenters. The third-order valence-electron chi connectivity index (χ3n) is 1.94. The molecule has 0 bridgehead atoms. The number of carboxylic acid groups (broad SMARTS) is 2. The first-order valence-corrected chi connectivity index (χ1v) is 5.20. The Morgan fingerprint density at radius 1 is 1.28 bits per heavy atom. The molecule has 0 saturated carbocycles. The molecular weight excluding hydrogens is 244 g/mol. The average molecular weight is 262 g/mol. The van der Waals surface area contributed by atoms with Crippen LogP contribution >= 0.6 is 0 Å². The fourth-order valence-electron chi connectivity index (χ4n) is 1.27. The summed E-state index contributed by atoms with van der Waals surface area (Å²) in [6.45, 7) is 3.60. The number of hydrogen-bond donors (Lipinski definition) is 4. The molecule has 0 saturated heterocycles. The summed E-state index contributed by atoms with van der Waals surface area (Å²) in [6, 6.07) is -2.23. The number of carbonyl (C=O) groups excluding carboxylic acids is 1. The van der Waals surface area contributed by atoms with E-state index in [0.717, 1.165) is 0 Å². The Bertz CT molecular complexity index is 328. The molecule has 0 fully saturated rings. The Labute approximate surface area is 104 Å². The number of carboxylic acids is 2. The third kappa shape index (κ3) is 6.69. The number of nitrogens with one attached hydrogen (secondary N) is 2. The zero-order valence-corrected chi connectivity index (χ0v) is 10.5. The highest BCUT2D eigenvalue weighted by molar-refractivity contribution is 5.86. The van der Waals surface area contributed by atoms with Crippen LogP contribution in [0.2, 0.25) is 0 Å². The maximum atomic E-state index is 11.5. The molecule has 18 heavy (non-hydrogen) atoms. The van der Waals surface area contributed by atoms with Gasteiger partial charge in [0.05, 0.1) is 18.6 Å². The average Bonchev–Trinajstić information content (AvgIpc) is 2.14. The molecule has 104 valence electrons. The number of ether oxygens (including phenoxy) is 1. The SMILES string of the molecule is COCC(C)(C)NC(=O)N[C@@H](CC(=O)O)C(=O)O. The van der Waals surface area contributed by atoms with Crippen LogP contribution in [0.15, 0.2) is 0 Å². The fourth-order valence-corrected chi connectivity index (χ4v) is 1.27. The van der Waals surface area contributed by atoms with Crippen molar-refractivity contribution in [3.63, 3.8) is 0 Å². The molecule has 2 amide bonds. The van der Waals surface area contributed by atoms with E-state index in [1.54, 1.807) is 13.8 Å². The first-order chi connectivity index (χ1) is 8.18. The molecule has 0 aliphatic carbocycles. The van der Waals surface area contributed by atoms with Crippen LogP contribution in [0.5, 0.6) is 0 Å². The number of carbonyl (C=O) groups is 3. The minimum Gasteiger partial charge on any atom is -0.481 e. The van der Waals surface area contributed by atoms with Crippen molar-refractivity contribution in [2.24, 2.45) is 0 Å². The highest BCUT2D eigenvalue weighted by Crippen LogP contribution is 2.02. The summed E-state index contributed by atoms with van der Waals surface area (Å²) in [5.74, 6) is -2.71. The molecule has 0 radical (unpaired) electrons. The van der Waals surface area contributed by atoms with Gasteiger partial charge in [-0.05, 0) is 13.8 Å². The van der Waals surface area contributed by atoms with Gasteiger partial charge in [0.15, 0.2) is 0 Å². The lowest BCUT2D eigenvalue weighted by Gasteiger charge is -2.26. The molecule has 1 atom stereocenters. The van der Waals surface area contributed by atoms with Crippen LogP contribution in [0, 0.1) is 0 Å². The number of urea groups is 1. The van der Waals surface area contributed by atoms with E-state index >= 15 is 0 Å². The Kier molecular flexibility index (Phi) is 6.11. The maximum absolute atomic E-state index is 11.5. The summed E-state index contributed by atoms with van der Waals surface area (Å²) in [5, 5.41) is 21.8. The summed E-state index contributed by atoms with van der Waals surface area (Å²) in [7, 11) is 1.46. The van der Waals surface area contributed by atoms with Gasteiger partial charge in [-0.15, -0.1) is 0 Å². The second kappa shape index (κ2) is 6.80. The summed E-state index contributed by atoms with van der Waals surface area (Å²) in [5.41, 5.74) is -0.689. The van der Waals surface area contributed by atoms with Gasteiger partial charge >= 0.3 is 18.0 Å². The van der Waals surface area contributed by atoms with E-state index in [9.17, 15) is 14.4 Å². The van der Waals surface area contributed by atoms with Gasteiger partial charge in [-0.25, -0.2) is 9.59 Å². The van der Waals surface area contributed by atoms with Crippen molar-refractivity contribution in [2.75, 3.05) is 13.7 Å². The normalized spacial score (nSPS) is 12.6. The van der Waals surface area contributed by atoms with E-state index in [1.165, 1.54) is 7.11 Å². The van der Waals surface area contributed by atoms with Gasteiger partial charge in [0.2, 0.25) is 0 Å². The molecular formula is C10H18N2O6. The van der Waals surface area contributed by atoms with Crippen LogP contribution < -0.4 is 10.6 Å². The highest BCUT2D eigenvalue weighted by Gasteiger charge is 2.26. The van der Waals surface area contributed by atoms with Gasteiger partial charge in [0.25, 0.3) is 0 Å². The van der Waals surface area contributed by atoms with E-state index < -0.39 is 36.0 Å². The van der Waals surface area contributed by atoms with Gasteiger partial charge in [-0.1, -0.05) is 0 Å². The topological polar surface area (TPSA) is 125 Å². The first-order valence-electron chi connectivity index (χ1n) is 5.20. The number of hydrogen-bond acceptors (Lipinski definition) is 4. The molecule has 0 aromatic heterocycles. The van der Waals surface area contributed by atoms with Crippen molar-refractivity contribution in [1.29, 1.82) is 0 Å². The lowest BCUT2D eigenvalue weighted by molar-refractivity contribution is -0.145. The Hall–Kier alpha value is -1.83. The lowest BCUT2D eigenvalue weighted by Crippen LogP contribution is -2.54. The van der Waals surface area contributed by atoms with Crippen LogP contribution in [-0.4, -0.2) is 53.5 Å². The summed E-state index contributed by atoms with van der Waals surface area (Å²) in [6.07, 6.45) is -0.687. The largest absolute Gasteiger partial charge is 0.481 e. The first kappa shape index (κ1) is 16.2.